The molecule has 0 heterocycles. The van der Waals surface area contributed by atoms with Crippen LogP contribution in [-0.4, -0.2) is 70.0 Å². The Bertz CT molecular complexity index is 1100. The second-order valence-corrected chi connectivity index (χ2v) is 18.9. The summed E-state index contributed by atoms with van der Waals surface area (Å²) in [4.78, 5) is 37.6. The van der Waals surface area contributed by atoms with Crippen molar-refractivity contribution < 1.29 is 42.1 Å². The zero-order valence-electron chi connectivity index (χ0n) is 39.0. The highest BCUT2D eigenvalue weighted by Gasteiger charge is 2.21. The van der Waals surface area contributed by atoms with Gasteiger partial charge in [0.1, 0.15) is 19.8 Å². The van der Waals surface area contributed by atoms with Gasteiger partial charge in [-0.2, -0.15) is 0 Å². The average Bonchev–Trinajstić information content (AvgIpc) is 3.19. The lowest BCUT2D eigenvalue weighted by molar-refractivity contribution is -0.870. The van der Waals surface area contributed by atoms with E-state index >= 15 is 0 Å². The summed E-state index contributed by atoms with van der Waals surface area (Å²) in [5, 5.41) is 0. The van der Waals surface area contributed by atoms with E-state index in [0.717, 1.165) is 64.2 Å². The van der Waals surface area contributed by atoms with Gasteiger partial charge in [0.15, 0.2) is 6.10 Å². The molecule has 0 saturated heterocycles. The first-order chi connectivity index (χ1) is 28.5. The molecule has 0 aromatic heterocycles. The van der Waals surface area contributed by atoms with Crippen LogP contribution in [0, 0.1) is 0 Å². The van der Waals surface area contributed by atoms with Crippen molar-refractivity contribution in [3.8, 4) is 0 Å². The molecule has 2 atom stereocenters. The molecule has 0 aliphatic rings. The van der Waals surface area contributed by atoms with E-state index in [2.05, 4.69) is 50.3 Å². The number of allylic oxidation sites excluding steroid dienone is 6. The van der Waals surface area contributed by atoms with Crippen molar-refractivity contribution in [1.29, 1.82) is 0 Å². The van der Waals surface area contributed by atoms with E-state index in [9.17, 15) is 19.0 Å². The third kappa shape index (κ3) is 45.6. The second-order valence-electron chi connectivity index (χ2n) is 17.5. The Balaban J connectivity index is 4.25. The van der Waals surface area contributed by atoms with Gasteiger partial charge >= 0.3 is 11.9 Å². The topological polar surface area (TPSA) is 111 Å². The van der Waals surface area contributed by atoms with E-state index in [4.69, 9.17) is 18.5 Å². The summed E-state index contributed by atoms with van der Waals surface area (Å²) in [6, 6.07) is 0. The highest BCUT2D eigenvalue weighted by molar-refractivity contribution is 7.45. The number of hydrogen-bond donors (Lipinski definition) is 0. The predicted octanol–water partition coefficient (Wildman–Crippen LogP) is 13.5. The fraction of sp³-hybridized carbons (Fsp3) is 0.837. The van der Waals surface area contributed by atoms with E-state index in [1.165, 1.54) is 116 Å². The molecule has 0 radical (unpaired) electrons. The maximum Gasteiger partial charge on any atom is 0.306 e. The number of likely N-dealkylation sites (N-methyl/N-ethyl adjacent to an activating group) is 1. The molecule has 1 unspecified atom stereocenters. The van der Waals surface area contributed by atoms with Crippen LogP contribution >= 0.6 is 7.82 Å². The van der Waals surface area contributed by atoms with Crippen LogP contribution in [0.5, 0.6) is 0 Å². The first-order valence-corrected chi connectivity index (χ1v) is 25.7. The minimum Gasteiger partial charge on any atom is -0.756 e. The van der Waals surface area contributed by atoms with Crippen LogP contribution in [0.2, 0.25) is 0 Å². The number of carbonyl (C=O) groups is 2. The van der Waals surface area contributed by atoms with Crippen molar-refractivity contribution in [2.24, 2.45) is 0 Å². The minimum absolute atomic E-state index is 0.0336. The van der Waals surface area contributed by atoms with Gasteiger partial charge in [-0.1, -0.05) is 172 Å². The maximum absolute atomic E-state index is 12.7. The summed E-state index contributed by atoms with van der Waals surface area (Å²) in [5.41, 5.74) is 0. The van der Waals surface area contributed by atoms with Crippen LogP contribution in [0.3, 0.4) is 0 Å². The zero-order chi connectivity index (χ0) is 43.6. The van der Waals surface area contributed by atoms with Crippen molar-refractivity contribution in [3.05, 3.63) is 36.5 Å². The fourth-order valence-electron chi connectivity index (χ4n) is 6.55. The number of phosphoric acid groups is 1. The monoisotopic (exact) mass is 854 g/mol. The number of esters is 2. The van der Waals surface area contributed by atoms with Crippen LogP contribution in [0.25, 0.3) is 0 Å². The molecule has 0 spiro atoms. The van der Waals surface area contributed by atoms with Crippen molar-refractivity contribution in [2.75, 3.05) is 47.5 Å². The van der Waals surface area contributed by atoms with E-state index in [1.807, 2.05) is 21.1 Å². The lowest BCUT2D eigenvalue weighted by Gasteiger charge is -2.28. The quantitative estimate of drug-likeness (QED) is 0.0196. The molecule has 0 aliphatic carbocycles. The minimum atomic E-state index is -4.63. The number of rotatable bonds is 44. The summed E-state index contributed by atoms with van der Waals surface area (Å²) < 4.78 is 34.0. The predicted molar refractivity (Wildman–Crippen MR) is 245 cm³/mol. The normalized spacial score (nSPS) is 13.8. The molecule has 0 saturated carbocycles. The van der Waals surface area contributed by atoms with Gasteiger partial charge in [-0.15, -0.1) is 0 Å². The highest BCUT2D eigenvalue weighted by Crippen LogP contribution is 2.38. The van der Waals surface area contributed by atoms with Crippen LogP contribution in [0.15, 0.2) is 36.5 Å². The van der Waals surface area contributed by atoms with E-state index in [1.54, 1.807) is 0 Å². The molecule has 0 aromatic rings. The number of nitrogens with zero attached hydrogens (tertiary/aromatic N) is 1. The van der Waals surface area contributed by atoms with Gasteiger partial charge in [0.05, 0.1) is 27.7 Å². The molecule has 0 aliphatic heterocycles. The smallest absolute Gasteiger partial charge is 0.306 e. The lowest BCUT2D eigenvalue weighted by atomic mass is 10.0. The van der Waals surface area contributed by atoms with Gasteiger partial charge < -0.3 is 27.9 Å². The number of hydrogen-bond acceptors (Lipinski definition) is 8. The summed E-state index contributed by atoms with van der Waals surface area (Å²) in [7, 11) is 1.16. The summed E-state index contributed by atoms with van der Waals surface area (Å²) >= 11 is 0. The summed E-state index contributed by atoms with van der Waals surface area (Å²) in [5.74, 6) is -0.847. The average molecular weight is 854 g/mol. The zero-order valence-corrected chi connectivity index (χ0v) is 39.8. The summed E-state index contributed by atoms with van der Waals surface area (Å²) in [6.07, 6.45) is 47.4. The number of phosphoric ester groups is 1. The Hall–Kier alpha value is -1.77. The van der Waals surface area contributed by atoms with Gasteiger partial charge in [-0.25, -0.2) is 0 Å². The third-order valence-electron chi connectivity index (χ3n) is 10.4. The molecule has 346 valence electrons. The molecule has 0 fully saturated rings. The Kier molecular flexibility index (Phi) is 40.3. The molecule has 10 heteroatoms. The van der Waals surface area contributed by atoms with E-state index in [-0.39, 0.29) is 32.0 Å². The Morgan fingerprint density at radius 3 is 1.41 bits per heavy atom. The Morgan fingerprint density at radius 1 is 0.525 bits per heavy atom. The molecule has 9 nitrogen and oxygen atoms in total. The molecule has 0 amide bonds. The molecule has 59 heavy (non-hydrogen) atoms. The van der Waals surface area contributed by atoms with Crippen molar-refractivity contribution in [2.45, 2.75) is 219 Å². The number of unbranched alkanes of at least 4 members (excludes halogenated alkanes) is 24. The molecule has 0 rings (SSSR count). The highest BCUT2D eigenvalue weighted by atomic mass is 31.2. The van der Waals surface area contributed by atoms with Gasteiger partial charge in [0, 0.05) is 12.8 Å². The first-order valence-electron chi connectivity index (χ1n) is 24.2. The van der Waals surface area contributed by atoms with E-state index in [0.29, 0.717) is 17.4 Å². The SMILES string of the molecule is CCCC/C=C/C/C=C/CCCCCCCC(=O)O[C@@H](COC(=O)CCCCCCCCCCCCC/C=C/CCCCCCCC)COP(=O)([O-])OCC[N+](C)(C)C. The molecule has 0 bridgehead atoms. The summed E-state index contributed by atoms with van der Waals surface area (Å²) in [6.45, 7) is 4.18. The number of carbonyl (C=O) groups excluding carboxylic acids is 2. The fourth-order valence-corrected chi connectivity index (χ4v) is 7.28. The standard InChI is InChI=1S/C49H92NO8P/c1-6-8-10-12-14-16-18-20-22-23-24-25-26-27-28-30-31-33-35-37-39-41-48(51)55-45-47(46-57-59(53,54)56-44-43-50(3,4)5)58-49(52)42-40-38-36-34-32-29-21-19-17-15-13-11-9-7-2/h13,15,19-22,47H,6-12,14,16-18,23-46H2,1-5H3/b15-13+,21-19+,22-20+/t47-/m0/s1. The van der Waals surface area contributed by atoms with Crippen LogP contribution in [-0.2, 0) is 32.7 Å². The first kappa shape index (κ1) is 57.2. The number of ether oxygens (including phenoxy) is 2. The Labute approximate surface area is 363 Å². The third-order valence-corrected chi connectivity index (χ3v) is 11.3. The lowest BCUT2D eigenvalue weighted by Crippen LogP contribution is -2.37. The molecular weight excluding hydrogens is 762 g/mol. The second kappa shape index (κ2) is 41.6. The molecule has 0 aromatic carbocycles. The van der Waals surface area contributed by atoms with Gasteiger partial charge in [0.2, 0.25) is 0 Å². The largest absolute Gasteiger partial charge is 0.756 e. The van der Waals surface area contributed by atoms with Gasteiger partial charge in [-0.05, 0) is 64.2 Å². The van der Waals surface area contributed by atoms with Crippen LogP contribution < -0.4 is 4.89 Å². The van der Waals surface area contributed by atoms with Gasteiger partial charge in [-0.3, -0.25) is 14.2 Å². The van der Waals surface area contributed by atoms with Crippen LogP contribution in [0.1, 0.15) is 213 Å². The van der Waals surface area contributed by atoms with Crippen LogP contribution in [0.4, 0.5) is 0 Å². The van der Waals surface area contributed by atoms with Crippen molar-refractivity contribution in [3.63, 3.8) is 0 Å². The van der Waals surface area contributed by atoms with Crippen molar-refractivity contribution in [1.82, 2.24) is 0 Å². The molecular formula is C49H92NO8P. The molecule has 0 N–H and O–H groups in total. The van der Waals surface area contributed by atoms with Crippen molar-refractivity contribution >= 4 is 19.8 Å². The Morgan fingerprint density at radius 2 is 0.932 bits per heavy atom. The van der Waals surface area contributed by atoms with Gasteiger partial charge in [0.25, 0.3) is 7.82 Å². The van der Waals surface area contributed by atoms with E-state index < -0.39 is 26.5 Å². The maximum atomic E-state index is 12.7. The number of quaternary nitrogens is 1.